The van der Waals surface area contributed by atoms with E-state index in [2.05, 4.69) is 0 Å². The van der Waals surface area contributed by atoms with E-state index in [0.717, 1.165) is 18.4 Å². The van der Waals surface area contributed by atoms with E-state index in [0.29, 0.717) is 17.2 Å². The van der Waals surface area contributed by atoms with Gasteiger partial charge >= 0.3 is 5.97 Å². The average Bonchev–Trinajstić information content (AvgIpc) is 3.19. The van der Waals surface area contributed by atoms with E-state index in [-0.39, 0.29) is 18.1 Å². The molecule has 1 fully saturated rings. The Kier molecular flexibility index (Phi) is 4.16. The molecule has 0 aromatic heterocycles. The van der Waals surface area contributed by atoms with Crippen molar-refractivity contribution in [1.82, 2.24) is 0 Å². The van der Waals surface area contributed by atoms with Crippen LogP contribution >= 0.6 is 0 Å². The van der Waals surface area contributed by atoms with Crippen molar-refractivity contribution in [1.29, 1.82) is 0 Å². The van der Waals surface area contributed by atoms with Crippen molar-refractivity contribution >= 4 is 5.97 Å². The third kappa shape index (κ3) is 2.71. The lowest BCUT2D eigenvalue weighted by atomic mass is 9.87. The molecule has 20 heavy (non-hydrogen) atoms. The predicted octanol–water partition coefficient (Wildman–Crippen LogP) is 3.12. The smallest absolute Gasteiger partial charge is 0.303 e. The minimum absolute atomic E-state index is 0.0245. The molecular weight excluding hydrogens is 263 g/mol. The first kappa shape index (κ1) is 14.6. The van der Waals surface area contributed by atoms with E-state index in [1.807, 2.05) is 0 Å². The van der Waals surface area contributed by atoms with Crippen LogP contribution in [0.4, 0.5) is 4.39 Å². The Labute approximate surface area is 117 Å². The standard InChI is InChI=1S/C15H19FO4/c1-8-6-11(16)14(19-2)15(20-3)13(8)10(7-12(17)18)9-4-5-9/h6,9-10H,4-5,7H2,1-3H3,(H,17,18). The highest BCUT2D eigenvalue weighted by atomic mass is 19.1. The van der Waals surface area contributed by atoms with Gasteiger partial charge in [-0.25, -0.2) is 4.39 Å². The van der Waals surface area contributed by atoms with Gasteiger partial charge in [0, 0.05) is 11.5 Å². The monoisotopic (exact) mass is 282 g/mol. The molecule has 0 aliphatic heterocycles. The molecule has 0 spiro atoms. The van der Waals surface area contributed by atoms with Crippen molar-refractivity contribution in [3.8, 4) is 11.5 Å². The van der Waals surface area contributed by atoms with Crippen LogP contribution in [-0.4, -0.2) is 25.3 Å². The number of carboxylic acids is 1. The number of hydrogen-bond donors (Lipinski definition) is 1. The summed E-state index contributed by atoms with van der Waals surface area (Å²) in [6.07, 6.45) is 2.02. The van der Waals surface area contributed by atoms with Gasteiger partial charge in [0.05, 0.1) is 20.6 Å². The average molecular weight is 282 g/mol. The molecule has 1 aromatic carbocycles. The fraction of sp³-hybridized carbons (Fsp3) is 0.533. The number of benzene rings is 1. The van der Waals surface area contributed by atoms with Crippen molar-refractivity contribution in [2.24, 2.45) is 5.92 Å². The van der Waals surface area contributed by atoms with E-state index in [9.17, 15) is 9.18 Å². The summed E-state index contributed by atoms with van der Waals surface area (Å²) >= 11 is 0. The number of aliphatic carboxylic acids is 1. The zero-order chi connectivity index (χ0) is 14.9. The van der Waals surface area contributed by atoms with Gasteiger partial charge < -0.3 is 14.6 Å². The van der Waals surface area contributed by atoms with Crippen molar-refractivity contribution in [3.05, 3.63) is 23.0 Å². The number of rotatable bonds is 6. The van der Waals surface area contributed by atoms with Gasteiger partial charge in [-0.3, -0.25) is 4.79 Å². The van der Waals surface area contributed by atoms with E-state index in [4.69, 9.17) is 14.6 Å². The molecule has 1 N–H and O–H groups in total. The Morgan fingerprint density at radius 2 is 2.00 bits per heavy atom. The minimum atomic E-state index is -0.855. The van der Waals surface area contributed by atoms with Gasteiger partial charge in [-0.1, -0.05) is 0 Å². The van der Waals surface area contributed by atoms with Crippen molar-refractivity contribution < 1.29 is 23.8 Å². The van der Waals surface area contributed by atoms with Gasteiger partial charge in [0.15, 0.2) is 17.3 Å². The maximum Gasteiger partial charge on any atom is 0.303 e. The Morgan fingerprint density at radius 3 is 2.45 bits per heavy atom. The Balaban J connectivity index is 2.55. The maximum atomic E-state index is 13.9. The second kappa shape index (κ2) is 5.69. The van der Waals surface area contributed by atoms with Crippen molar-refractivity contribution in [2.45, 2.75) is 32.1 Å². The summed E-state index contributed by atoms with van der Waals surface area (Å²) < 4.78 is 24.3. The topological polar surface area (TPSA) is 55.8 Å². The number of methoxy groups -OCH3 is 2. The number of ether oxygens (including phenoxy) is 2. The molecule has 4 nitrogen and oxygen atoms in total. The molecule has 0 bridgehead atoms. The molecule has 0 heterocycles. The summed E-state index contributed by atoms with van der Waals surface area (Å²) in [5.74, 6) is -0.805. The molecule has 0 amide bonds. The van der Waals surface area contributed by atoms with E-state index in [1.165, 1.54) is 20.3 Å². The predicted molar refractivity (Wildman–Crippen MR) is 72.0 cm³/mol. The second-order valence-corrected chi connectivity index (χ2v) is 5.20. The summed E-state index contributed by atoms with van der Waals surface area (Å²) in [5, 5.41) is 9.11. The first-order valence-corrected chi connectivity index (χ1v) is 6.62. The van der Waals surface area contributed by atoms with Gasteiger partial charge in [0.25, 0.3) is 0 Å². The van der Waals surface area contributed by atoms with Gasteiger partial charge in [0.2, 0.25) is 0 Å². The SMILES string of the molecule is COc1c(F)cc(C)c(C(CC(=O)O)C2CC2)c1OC. The van der Waals surface area contributed by atoms with Crippen LogP contribution in [-0.2, 0) is 4.79 Å². The normalized spacial score (nSPS) is 15.8. The van der Waals surface area contributed by atoms with Gasteiger partial charge in [-0.15, -0.1) is 0 Å². The lowest BCUT2D eigenvalue weighted by Crippen LogP contribution is -2.12. The Hall–Kier alpha value is -1.78. The summed E-state index contributed by atoms with van der Waals surface area (Å²) in [6, 6.07) is 1.38. The van der Waals surface area contributed by atoms with Crippen LogP contribution in [0.5, 0.6) is 11.5 Å². The fourth-order valence-corrected chi connectivity index (χ4v) is 2.79. The van der Waals surface area contributed by atoms with Crippen LogP contribution in [0.1, 0.15) is 36.3 Å². The molecule has 1 atom stereocenters. The fourth-order valence-electron chi connectivity index (χ4n) is 2.79. The van der Waals surface area contributed by atoms with E-state index < -0.39 is 11.8 Å². The number of hydrogen-bond acceptors (Lipinski definition) is 3. The second-order valence-electron chi connectivity index (χ2n) is 5.20. The first-order valence-electron chi connectivity index (χ1n) is 6.62. The van der Waals surface area contributed by atoms with Gasteiger partial charge in [-0.2, -0.15) is 0 Å². The van der Waals surface area contributed by atoms with Crippen molar-refractivity contribution in [3.63, 3.8) is 0 Å². The zero-order valence-corrected chi connectivity index (χ0v) is 11.9. The summed E-state index contributed by atoms with van der Waals surface area (Å²) in [6.45, 7) is 1.78. The molecule has 1 unspecified atom stereocenters. The highest BCUT2D eigenvalue weighted by molar-refractivity contribution is 5.69. The van der Waals surface area contributed by atoms with E-state index >= 15 is 0 Å². The highest BCUT2D eigenvalue weighted by Crippen LogP contribution is 2.50. The third-order valence-corrected chi connectivity index (χ3v) is 3.80. The van der Waals surface area contributed by atoms with Crippen LogP contribution in [0.2, 0.25) is 0 Å². The number of aryl methyl sites for hydroxylation is 1. The molecular formula is C15H19FO4. The van der Waals surface area contributed by atoms with Crippen LogP contribution in [0.25, 0.3) is 0 Å². The first-order chi connectivity index (χ1) is 9.49. The molecule has 5 heteroatoms. The van der Waals surface area contributed by atoms with Crippen LogP contribution in [0.15, 0.2) is 6.07 Å². The lowest BCUT2D eigenvalue weighted by molar-refractivity contribution is -0.137. The number of halogens is 1. The number of carbonyl (C=O) groups is 1. The maximum absolute atomic E-state index is 13.9. The lowest BCUT2D eigenvalue weighted by Gasteiger charge is -2.22. The van der Waals surface area contributed by atoms with Crippen LogP contribution in [0.3, 0.4) is 0 Å². The quantitative estimate of drug-likeness (QED) is 0.871. The molecule has 1 aromatic rings. The molecule has 1 saturated carbocycles. The zero-order valence-electron chi connectivity index (χ0n) is 11.9. The summed E-state index contributed by atoms with van der Waals surface area (Å²) in [7, 11) is 2.83. The highest BCUT2D eigenvalue weighted by Gasteiger charge is 2.37. The third-order valence-electron chi connectivity index (χ3n) is 3.80. The molecule has 1 aliphatic carbocycles. The molecule has 0 radical (unpaired) electrons. The molecule has 110 valence electrons. The van der Waals surface area contributed by atoms with Gasteiger partial charge in [0.1, 0.15) is 0 Å². The summed E-state index contributed by atoms with van der Waals surface area (Å²) in [4.78, 5) is 11.1. The van der Waals surface area contributed by atoms with Crippen molar-refractivity contribution in [2.75, 3.05) is 14.2 Å². The van der Waals surface area contributed by atoms with Crippen LogP contribution in [0, 0.1) is 18.7 Å². The molecule has 1 aliphatic rings. The Bertz CT molecular complexity index is 523. The minimum Gasteiger partial charge on any atom is -0.492 e. The van der Waals surface area contributed by atoms with E-state index in [1.54, 1.807) is 6.92 Å². The Morgan fingerprint density at radius 1 is 1.40 bits per heavy atom. The number of carboxylic acid groups (broad SMARTS) is 1. The van der Waals surface area contributed by atoms with Gasteiger partial charge in [-0.05, 0) is 37.3 Å². The molecule has 0 saturated heterocycles. The summed E-state index contributed by atoms with van der Waals surface area (Å²) in [5.41, 5.74) is 1.47. The largest absolute Gasteiger partial charge is 0.492 e. The van der Waals surface area contributed by atoms with Crippen LogP contribution < -0.4 is 9.47 Å². The molecule has 2 rings (SSSR count).